The Bertz CT molecular complexity index is 314. The summed E-state index contributed by atoms with van der Waals surface area (Å²) in [5.41, 5.74) is 0. The molecule has 0 saturated carbocycles. The minimum Gasteiger partial charge on any atom is -0.548 e. The van der Waals surface area contributed by atoms with Crippen LogP contribution >= 0.6 is 0 Å². The Balaban J connectivity index is 4.71. The Hall–Kier alpha value is -1.30. The highest BCUT2D eigenvalue weighted by molar-refractivity contribution is 6.70. The maximum atomic E-state index is 11.8. The topological polar surface area (TPSA) is 61.8 Å². The molecule has 0 heterocycles. The summed E-state index contributed by atoms with van der Waals surface area (Å²) in [7, 11) is -1.80. The minimum absolute atomic E-state index is 0.0991. The van der Waals surface area contributed by atoms with Crippen LogP contribution in [0.4, 0.5) is 0 Å². The standard InChI is InChI=1S/C13H24O5Si/c1-7-16-12(14)11(13(15)17-8-2)9-10(3)18-19(4,5)6/h11H,3,7-9H2,1-2,4-6H3. The molecule has 0 N–H and O–H groups in total. The molecule has 0 aromatic rings. The van der Waals surface area contributed by atoms with Crippen molar-refractivity contribution in [3.05, 3.63) is 12.3 Å². The summed E-state index contributed by atoms with van der Waals surface area (Å²) in [5, 5.41) is 0. The van der Waals surface area contributed by atoms with Gasteiger partial charge < -0.3 is 13.9 Å². The highest BCUT2D eigenvalue weighted by Gasteiger charge is 2.31. The molecule has 0 aliphatic rings. The van der Waals surface area contributed by atoms with Gasteiger partial charge in [0.05, 0.1) is 19.0 Å². The van der Waals surface area contributed by atoms with Gasteiger partial charge in [0, 0.05) is 6.42 Å². The molecule has 110 valence electrons. The molecule has 0 spiro atoms. The lowest BCUT2D eigenvalue weighted by Gasteiger charge is -2.23. The average Bonchev–Trinajstić information content (AvgIpc) is 2.24. The first kappa shape index (κ1) is 17.7. The first-order valence-electron chi connectivity index (χ1n) is 6.41. The van der Waals surface area contributed by atoms with Gasteiger partial charge in [-0.1, -0.05) is 6.58 Å². The summed E-state index contributed by atoms with van der Waals surface area (Å²) >= 11 is 0. The van der Waals surface area contributed by atoms with Gasteiger partial charge in [-0.15, -0.1) is 0 Å². The van der Waals surface area contributed by atoms with Crippen molar-refractivity contribution in [2.45, 2.75) is 39.9 Å². The van der Waals surface area contributed by atoms with Crippen molar-refractivity contribution in [1.29, 1.82) is 0 Å². The van der Waals surface area contributed by atoms with Gasteiger partial charge in [0.1, 0.15) is 0 Å². The van der Waals surface area contributed by atoms with Crippen LogP contribution in [0, 0.1) is 5.92 Å². The van der Waals surface area contributed by atoms with Crippen LogP contribution in [0.2, 0.25) is 19.6 Å². The van der Waals surface area contributed by atoms with E-state index in [4.69, 9.17) is 13.9 Å². The Morgan fingerprint density at radius 1 is 1.05 bits per heavy atom. The molecule has 5 nitrogen and oxygen atoms in total. The number of allylic oxidation sites excluding steroid dienone is 1. The highest BCUT2D eigenvalue weighted by Crippen LogP contribution is 2.19. The van der Waals surface area contributed by atoms with Crippen molar-refractivity contribution >= 4 is 20.3 Å². The fraction of sp³-hybridized carbons (Fsp3) is 0.692. The SMILES string of the molecule is C=C(CC(C(=O)OCC)C(=O)OCC)O[Si](C)(C)C. The van der Waals surface area contributed by atoms with Gasteiger partial charge in [0.2, 0.25) is 8.32 Å². The number of carbonyl (C=O) groups is 2. The molecule has 0 rings (SSSR count). The normalized spacial score (nSPS) is 11.1. The van der Waals surface area contributed by atoms with Gasteiger partial charge in [-0.3, -0.25) is 9.59 Å². The molecule has 0 aromatic carbocycles. The van der Waals surface area contributed by atoms with E-state index in [2.05, 4.69) is 6.58 Å². The van der Waals surface area contributed by atoms with Gasteiger partial charge in [-0.25, -0.2) is 0 Å². The van der Waals surface area contributed by atoms with Gasteiger partial charge >= 0.3 is 11.9 Å². The van der Waals surface area contributed by atoms with E-state index in [-0.39, 0.29) is 19.6 Å². The molecule has 0 unspecified atom stereocenters. The predicted octanol–water partition coefficient (Wildman–Crippen LogP) is 2.48. The van der Waals surface area contributed by atoms with Crippen LogP contribution < -0.4 is 0 Å². The fourth-order valence-electron chi connectivity index (χ4n) is 1.45. The largest absolute Gasteiger partial charge is 0.548 e. The molecule has 0 bridgehead atoms. The van der Waals surface area contributed by atoms with Crippen LogP contribution in [0.25, 0.3) is 0 Å². The quantitative estimate of drug-likeness (QED) is 0.297. The van der Waals surface area contributed by atoms with Crippen molar-refractivity contribution in [2.75, 3.05) is 13.2 Å². The summed E-state index contributed by atoms with van der Waals surface area (Å²) in [6.45, 7) is 13.6. The lowest BCUT2D eigenvalue weighted by molar-refractivity contribution is -0.161. The van der Waals surface area contributed by atoms with Crippen LogP contribution in [0.1, 0.15) is 20.3 Å². The maximum absolute atomic E-state index is 11.8. The van der Waals surface area contributed by atoms with Crippen LogP contribution in [0.5, 0.6) is 0 Å². The predicted molar refractivity (Wildman–Crippen MR) is 74.9 cm³/mol. The monoisotopic (exact) mass is 288 g/mol. The number of esters is 2. The van der Waals surface area contributed by atoms with Gasteiger partial charge in [0.25, 0.3) is 0 Å². The molecule has 6 heteroatoms. The van der Waals surface area contributed by atoms with E-state index in [0.717, 1.165) is 0 Å². The van der Waals surface area contributed by atoms with E-state index in [1.54, 1.807) is 13.8 Å². The van der Waals surface area contributed by atoms with Gasteiger partial charge in [-0.2, -0.15) is 0 Å². The number of carbonyl (C=O) groups excluding carboxylic acids is 2. The Labute approximate surface area is 116 Å². The van der Waals surface area contributed by atoms with Gasteiger partial charge in [-0.05, 0) is 33.5 Å². The fourth-order valence-corrected chi connectivity index (χ4v) is 2.40. The third kappa shape index (κ3) is 7.66. The molecule has 0 atom stereocenters. The van der Waals surface area contributed by atoms with Crippen molar-refractivity contribution in [2.24, 2.45) is 5.92 Å². The third-order valence-electron chi connectivity index (χ3n) is 2.02. The van der Waals surface area contributed by atoms with E-state index in [9.17, 15) is 9.59 Å². The molecule has 0 saturated heterocycles. The van der Waals surface area contributed by atoms with E-state index in [1.807, 2.05) is 19.6 Å². The van der Waals surface area contributed by atoms with Crippen molar-refractivity contribution in [3.8, 4) is 0 Å². The highest BCUT2D eigenvalue weighted by atomic mass is 28.4. The van der Waals surface area contributed by atoms with Crippen LogP contribution in [-0.4, -0.2) is 33.5 Å². The molecule has 0 radical (unpaired) electrons. The zero-order chi connectivity index (χ0) is 15.1. The first-order valence-corrected chi connectivity index (χ1v) is 9.82. The van der Waals surface area contributed by atoms with E-state index < -0.39 is 26.2 Å². The van der Waals surface area contributed by atoms with E-state index in [0.29, 0.717) is 5.76 Å². The molecule has 0 fully saturated rings. The Morgan fingerprint density at radius 2 is 1.47 bits per heavy atom. The van der Waals surface area contributed by atoms with Crippen LogP contribution in [-0.2, 0) is 23.5 Å². The van der Waals surface area contributed by atoms with Crippen molar-refractivity contribution in [3.63, 3.8) is 0 Å². The van der Waals surface area contributed by atoms with E-state index >= 15 is 0 Å². The lowest BCUT2D eigenvalue weighted by atomic mass is 10.1. The summed E-state index contributed by atoms with van der Waals surface area (Å²) in [4.78, 5) is 23.5. The second-order valence-electron chi connectivity index (χ2n) is 5.01. The zero-order valence-corrected chi connectivity index (χ0v) is 13.4. The Morgan fingerprint density at radius 3 is 1.79 bits per heavy atom. The zero-order valence-electron chi connectivity index (χ0n) is 12.4. The molecule has 0 aliphatic heterocycles. The summed E-state index contributed by atoms with van der Waals surface area (Å²) < 4.78 is 15.4. The number of hydrogen-bond donors (Lipinski definition) is 0. The number of rotatable bonds is 8. The number of ether oxygens (including phenoxy) is 2. The van der Waals surface area contributed by atoms with Gasteiger partial charge in [0.15, 0.2) is 5.92 Å². The molecule has 0 amide bonds. The maximum Gasteiger partial charge on any atom is 0.320 e. The van der Waals surface area contributed by atoms with Crippen LogP contribution in [0.3, 0.4) is 0 Å². The second kappa shape index (κ2) is 7.99. The lowest BCUT2D eigenvalue weighted by Crippen LogP contribution is -2.31. The second-order valence-corrected chi connectivity index (χ2v) is 9.44. The number of hydrogen-bond acceptors (Lipinski definition) is 5. The van der Waals surface area contributed by atoms with E-state index in [1.165, 1.54) is 0 Å². The summed E-state index contributed by atoms with van der Waals surface area (Å²) in [6.07, 6.45) is 0.0991. The summed E-state index contributed by atoms with van der Waals surface area (Å²) in [6, 6.07) is 0. The molecular formula is C13H24O5Si. The smallest absolute Gasteiger partial charge is 0.320 e. The van der Waals surface area contributed by atoms with Crippen LogP contribution in [0.15, 0.2) is 12.3 Å². The van der Waals surface area contributed by atoms with Crippen molar-refractivity contribution < 1.29 is 23.5 Å². The molecule has 0 aromatic heterocycles. The van der Waals surface area contributed by atoms with Crippen molar-refractivity contribution in [1.82, 2.24) is 0 Å². The third-order valence-corrected chi connectivity index (χ3v) is 2.93. The first-order chi connectivity index (χ1) is 8.71. The molecule has 19 heavy (non-hydrogen) atoms. The summed E-state index contributed by atoms with van der Waals surface area (Å²) in [5.74, 6) is -1.77. The average molecular weight is 288 g/mol. The Kier molecular flexibility index (Phi) is 7.44. The minimum atomic E-state index is -1.80. The molecule has 0 aliphatic carbocycles. The molecular weight excluding hydrogens is 264 g/mol.